The van der Waals surface area contributed by atoms with Crippen molar-refractivity contribution in [2.24, 2.45) is 7.05 Å². The summed E-state index contributed by atoms with van der Waals surface area (Å²) < 4.78 is 4.84. The van der Waals surface area contributed by atoms with Crippen LogP contribution in [-0.4, -0.2) is 9.13 Å². The Balaban J connectivity index is 1.52. The van der Waals surface area contributed by atoms with E-state index in [0.29, 0.717) is 0 Å². The van der Waals surface area contributed by atoms with Crippen molar-refractivity contribution in [2.75, 3.05) is 0 Å². The summed E-state index contributed by atoms with van der Waals surface area (Å²) in [5, 5.41) is 5.04. The van der Waals surface area contributed by atoms with Crippen molar-refractivity contribution in [3.63, 3.8) is 0 Å². The molecule has 8 aromatic rings. The van der Waals surface area contributed by atoms with Crippen molar-refractivity contribution >= 4 is 32.6 Å². The van der Waals surface area contributed by atoms with Crippen molar-refractivity contribution < 1.29 is 0 Å². The fourth-order valence-electron chi connectivity index (χ4n) is 6.90. The molecular formula is C40H30N2. The van der Waals surface area contributed by atoms with Gasteiger partial charge in [0.25, 0.3) is 0 Å². The second-order valence-electron chi connectivity index (χ2n) is 11.1. The van der Waals surface area contributed by atoms with Gasteiger partial charge in [0.2, 0.25) is 0 Å². The van der Waals surface area contributed by atoms with E-state index in [9.17, 15) is 0 Å². The maximum atomic E-state index is 2.43. The molecule has 0 bridgehead atoms. The van der Waals surface area contributed by atoms with Crippen molar-refractivity contribution in [2.45, 2.75) is 6.92 Å². The highest BCUT2D eigenvalue weighted by atomic mass is 15.0. The van der Waals surface area contributed by atoms with E-state index in [2.05, 4.69) is 169 Å². The Morgan fingerprint density at radius 3 is 1.79 bits per heavy atom. The van der Waals surface area contributed by atoms with Crippen LogP contribution in [0.4, 0.5) is 0 Å². The monoisotopic (exact) mass is 538 g/mol. The molecule has 200 valence electrons. The van der Waals surface area contributed by atoms with Crippen LogP contribution in [0.3, 0.4) is 0 Å². The first-order chi connectivity index (χ1) is 20.7. The summed E-state index contributed by atoms with van der Waals surface area (Å²) in [5.74, 6) is 0. The van der Waals surface area contributed by atoms with E-state index in [1.54, 1.807) is 0 Å². The zero-order chi connectivity index (χ0) is 28.2. The van der Waals surface area contributed by atoms with Crippen LogP contribution in [0.1, 0.15) is 5.69 Å². The number of rotatable bonds is 4. The molecule has 0 aliphatic heterocycles. The summed E-state index contributed by atoms with van der Waals surface area (Å²) in [6, 6.07) is 52.6. The zero-order valence-corrected chi connectivity index (χ0v) is 23.8. The maximum Gasteiger partial charge on any atom is 0.0569 e. The summed E-state index contributed by atoms with van der Waals surface area (Å²) >= 11 is 0. The second kappa shape index (κ2) is 9.64. The van der Waals surface area contributed by atoms with Crippen LogP contribution in [0, 0.1) is 6.92 Å². The molecule has 0 N–H and O–H groups in total. The van der Waals surface area contributed by atoms with E-state index < -0.39 is 0 Å². The van der Waals surface area contributed by atoms with Gasteiger partial charge in [0.05, 0.1) is 16.7 Å². The summed E-state index contributed by atoms with van der Waals surface area (Å²) in [6.45, 7) is 2.27. The fraction of sp³-hybridized carbons (Fsp3) is 0.0500. The highest BCUT2D eigenvalue weighted by Crippen LogP contribution is 2.46. The van der Waals surface area contributed by atoms with Gasteiger partial charge in [0.15, 0.2) is 0 Å². The topological polar surface area (TPSA) is 9.86 Å². The molecule has 2 aromatic heterocycles. The molecule has 0 radical (unpaired) electrons. The molecule has 2 nitrogen and oxygen atoms in total. The van der Waals surface area contributed by atoms with E-state index in [1.807, 2.05) is 0 Å². The lowest BCUT2D eigenvalue weighted by molar-refractivity contribution is 0.979. The molecule has 0 atom stereocenters. The standard InChI is InChI=1S/C40H30N2/c1-27-37(35-25-30-19-12-13-20-31(30)26-36(35)42(27)32-21-10-5-11-22-32)33-23-14-24-34-38(28-15-6-3-7-16-28)39(41(2)40(33)34)29-17-8-4-9-18-29/h3-26H,1-2H3. The number of nitrogens with zero attached hydrogens (tertiary/aromatic N) is 2. The Bertz CT molecular complexity index is 2240. The molecule has 0 amide bonds. The summed E-state index contributed by atoms with van der Waals surface area (Å²) in [5.41, 5.74) is 12.4. The molecular weight excluding hydrogens is 508 g/mol. The number of para-hydroxylation sites is 2. The van der Waals surface area contributed by atoms with Gasteiger partial charge in [0.1, 0.15) is 0 Å². The third kappa shape index (κ3) is 3.65. The molecule has 0 aliphatic rings. The number of fused-ring (bicyclic) bond motifs is 3. The fourth-order valence-corrected chi connectivity index (χ4v) is 6.90. The van der Waals surface area contributed by atoms with Gasteiger partial charge < -0.3 is 9.13 Å². The minimum absolute atomic E-state index is 1.18. The van der Waals surface area contributed by atoms with Gasteiger partial charge in [-0.15, -0.1) is 0 Å². The average molecular weight is 539 g/mol. The number of aryl methyl sites for hydroxylation is 1. The molecule has 0 fully saturated rings. The van der Waals surface area contributed by atoms with E-state index in [4.69, 9.17) is 0 Å². The Kier molecular flexibility index (Phi) is 5.61. The van der Waals surface area contributed by atoms with Crippen LogP contribution in [0.15, 0.2) is 146 Å². The summed E-state index contributed by atoms with van der Waals surface area (Å²) in [6.07, 6.45) is 0. The molecule has 0 spiro atoms. The number of aromatic nitrogens is 2. The highest BCUT2D eigenvalue weighted by Gasteiger charge is 2.24. The van der Waals surface area contributed by atoms with Gasteiger partial charge in [-0.2, -0.15) is 0 Å². The summed E-state index contributed by atoms with van der Waals surface area (Å²) in [4.78, 5) is 0. The average Bonchev–Trinajstić information content (AvgIpc) is 3.51. The normalized spacial score (nSPS) is 11.6. The van der Waals surface area contributed by atoms with Crippen molar-refractivity contribution in [3.8, 4) is 39.2 Å². The Morgan fingerprint density at radius 2 is 1.10 bits per heavy atom. The molecule has 0 saturated heterocycles. The third-order valence-corrected chi connectivity index (χ3v) is 8.68. The van der Waals surface area contributed by atoms with Gasteiger partial charge in [0, 0.05) is 45.9 Å². The third-order valence-electron chi connectivity index (χ3n) is 8.68. The lowest BCUT2D eigenvalue weighted by Gasteiger charge is -2.11. The van der Waals surface area contributed by atoms with E-state index >= 15 is 0 Å². The van der Waals surface area contributed by atoms with Crippen molar-refractivity contribution in [3.05, 3.63) is 151 Å². The molecule has 2 heteroatoms. The second-order valence-corrected chi connectivity index (χ2v) is 11.1. The number of hydrogen-bond donors (Lipinski definition) is 0. The van der Waals surface area contributed by atoms with Gasteiger partial charge in [-0.3, -0.25) is 0 Å². The first kappa shape index (κ1) is 24.5. The zero-order valence-electron chi connectivity index (χ0n) is 23.8. The molecule has 0 aliphatic carbocycles. The Hall–Kier alpha value is -5.34. The summed E-state index contributed by atoms with van der Waals surface area (Å²) in [7, 11) is 2.22. The minimum atomic E-state index is 1.18. The largest absolute Gasteiger partial charge is 0.343 e. The van der Waals surface area contributed by atoms with Gasteiger partial charge >= 0.3 is 0 Å². The highest BCUT2D eigenvalue weighted by molar-refractivity contribution is 6.14. The van der Waals surface area contributed by atoms with E-state index in [0.717, 1.165) is 0 Å². The SMILES string of the molecule is Cc1c(-c2cccc3c(-c4ccccc4)c(-c4ccccc4)n(C)c23)c2cc3ccccc3cc2n1-c1ccccc1. The van der Waals surface area contributed by atoms with Gasteiger partial charge in [-0.25, -0.2) is 0 Å². The maximum absolute atomic E-state index is 2.43. The Labute approximate surface area is 245 Å². The van der Waals surface area contributed by atoms with Gasteiger partial charge in [-0.1, -0.05) is 121 Å². The molecule has 0 saturated carbocycles. The van der Waals surface area contributed by atoms with Crippen LogP contribution in [-0.2, 0) is 7.05 Å². The Morgan fingerprint density at radius 1 is 0.500 bits per heavy atom. The van der Waals surface area contributed by atoms with Crippen LogP contribution in [0.5, 0.6) is 0 Å². The first-order valence-corrected chi connectivity index (χ1v) is 14.5. The van der Waals surface area contributed by atoms with Crippen LogP contribution >= 0.6 is 0 Å². The predicted molar refractivity (Wildman–Crippen MR) is 178 cm³/mol. The predicted octanol–water partition coefficient (Wildman–Crippen LogP) is 10.6. The van der Waals surface area contributed by atoms with Crippen LogP contribution in [0.25, 0.3) is 71.8 Å². The first-order valence-electron chi connectivity index (χ1n) is 14.5. The minimum Gasteiger partial charge on any atom is -0.343 e. The number of benzene rings is 6. The molecule has 0 unspecified atom stereocenters. The van der Waals surface area contributed by atoms with Gasteiger partial charge in [-0.05, 0) is 53.1 Å². The molecule has 8 rings (SSSR count). The van der Waals surface area contributed by atoms with E-state index in [1.165, 1.54) is 77.5 Å². The van der Waals surface area contributed by atoms with Crippen LogP contribution in [0.2, 0.25) is 0 Å². The molecule has 2 heterocycles. The lowest BCUT2D eigenvalue weighted by atomic mass is 9.95. The molecule has 42 heavy (non-hydrogen) atoms. The van der Waals surface area contributed by atoms with Crippen molar-refractivity contribution in [1.82, 2.24) is 9.13 Å². The smallest absolute Gasteiger partial charge is 0.0569 e. The molecule has 6 aromatic carbocycles. The quantitative estimate of drug-likeness (QED) is 0.211. The lowest BCUT2D eigenvalue weighted by Crippen LogP contribution is -1.97. The van der Waals surface area contributed by atoms with Crippen molar-refractivity contribution in [1.29, 1.82) is 0 Å². The van der Waals surface area contributed by atoms with Crippen LogP contribution < -0.4 is 0 Å². The van der Waals surface area contributed by atoms with E-state index in [-0.39, 0.29) is 0 Å². The number of hydrogen-bond acceptors (Lipinski definition) is 0.